The zero-order chi connectivity index (χ0) is 19.2. The Bertz CT molecular complexity index is 662. The Balaban J connectivity index is 1.45. The van der Waals surface area contributed by atoms with Gasteiger partial charge in [-0.2, -0.15) is 0 Å². The fourth-order valence-corrected chi connectivity index (χ4v) is 4.03. The molecule has 2 amide bonds. The van der Waals surface area contributed by atoms with Gasteiger partial charge in [0.2, 0.25) is 5.91 Å². The van der Waals surface area contributed by atoms with E-state index in [9.17, 15) is 14.7 Å². The molecule has 2 aliphatic rings. The summed E-state index contributed by atoms with van der Waals surface area (Å²) in [6.07, 6.45) is 3.21. The second-order valence-corrected chi connectivity index (χ2v) is 7.95. The monoisotopic (exact) mass is 393 g/mol. The molecular formula is C20H28ClN3O3. The van der Waals surface area contributed by atoms with Crippen LogP contribution in [0.5, 0.6) is 0 Å². The highest BCUT2D eigenvalue weighted by Gasteiger charge is 2.26. The van der Waals surface area contributed by atoms with Crippen molar-refractivity contribution in [1.29, 1.82) is 0 Å². The number of carbonyl (C=O) groups excluding carboxylic acids is 2. The van der Waals surface area contributed by atoms with E-state index in [0.717, 1.165) is 45.3 Å². The molecule has 0 aliphatic carbocycles. The fraction of sp³-hybridized carbons (Fsp3) is 0.600. The van der Waals surface area contributed by atoms with Crippen molar-refractivity contribution in [3.8, 4) is 0 Å². The quantitative estimate of drug-likeness (QED) is 0.799. The summed E-state index contributed by atoms with van der Waals surface area (Å²) in [5.41, 5.74) is 0.482. The lowest BCUT2D eigenvalue weighted by Gasteiger charge is -2.35. The summed E-state index contributed by atoms with van der Waals surface area (Å²) in [5.74, 6) is 0.238. The van der Waals surface area contributed by atoms with Crippen LogP contribution in [-0.4, -0.2) is 72.1 Å². The minimum absolute atomic E-state index is 0.147. The summed E-state index contributed by atoms with van der Waals surface area (Å²) < 4.78 is 0. The topological polar surface area (TPSA) is 72.9 Å². The van der Waals surface area contributed by atoms with Crippen LogP contribution in [0.2, 0.25) is 5.02 Å². The number of rotatable bonds is 5. The SMILES string of the molecule is O=C(NC[C@@H]1CCCN(C(=O)CN2CCC(O)CC2)C1)c1ccccc1Cl. The number of hydrogen-bond donors (Lipinski definition) is 2. The van der Waals surface area contributed by atoms with Crippen LogP contribution in [0.15, 0.2) is 24.3 Å². The van der Waals surface area contributed by atoms with E-state index >= 15 is 0 Å². The molecule has 6 nitrogen and oxygen atoms in total. The van der Waals surface area contributed by atoms with Crippen LogP contribution < -0.4 is 5.32 Å². The van der Waals surface area contributed by atoms with Crippen LogP contribution in [0, 0.1) is 5.92 Å². The van der Waals surface area contributed by atoms with Gasteiger partial charge in [0, 0.05) is 32.7 Å². The molecule has 0 radical (unpaired) electrons. The van der Waals surface area contributed by atoms with E-state index in [1.54, 1.807) is 24.3 Å². The maximum Gasteiger partial charge on any atom is 0.252 e. The van der Waals surface area contributed by atoms with Gasteiger partial charge in [0.25, 0.3) is 5.91 Å². The van der Waals surface area contributed by atoms with Crippen molar-refractivity contribution in [3.63, 3.8) is 0 Å². The number of likely N-dealkylation sites (tertiary alicyclic amines) is 2. The number of benzene rings is 1. The van der Waals surface area contributed by atoms with Crippen molar-refractivity contribution in [2.45, 2.75) is 31.8 Å². The van der Waals surface area contributed by atoms with E-state index in [2.05, 4.69) is 10.2 Å². The summed E-state index contributed by atoms with van der Waals surface area (Å²) in [4.78, 5) is 29.0. The molecule has 1 atom stereocenters. The molecule has 1 aromatic rings. The Hall–Kier alpha value is -1.63. The average molecular weight is 394 g/mol. The number of piperidine rings is 2. The van der Waals surface area contributed by atoms with Crippen molar-refractivity contribution < 1.29 is 14.7 Å². The first-order valence-corrected chi connectivity index (χ1v) is 10.1. The predicted octanol–water partition coefficient (Wildman–Crippen LogP) is 1.77. The Morgan fingerprint density at radius 2 is 1.89 bits per heavy atom. The number of aliphatic hydroxyl groups is 1. The van der Waals surface area contributed by atoms with Crippen LogP contribution in [0.1, 0.15) is 36.0 Å². The third-order valence-electron chi connectivity index (χ3n) is 5.46. The molecule has 0 saturated carbocycles. The lowest BCUT2D eigenvalue weighted by atomic mass is 9.97. The summed E-state index contributed by atoms with van der Waals surface area (Å²) in [6, 6.07) is 7.01. The van der Waals surface area contributed by atoms with Crippen LogP contribution in [0.3, 0.4) is 0 Å². The molecule has 2 N–H and O–H groups in total. The van der Waals surface area contributed by atoms with Crippen LogP contribution in [0.25, 0.3) is 0 Å². The molecule has 2 heterocycles. The van der Waals surface area contributed by atoms with Gasteiger partial charge in [-0.3, -0.25) is 14.5 Å². The van der Waals surface area contributed by atoms with Crippen LogP contribution in [0.4, 0.5) is 0 Å². The smallest absolute Gasteiger partial charge is 0.252 e. The molecule has 1 aromatic carbocycles. The number of halogens is 1. The van der Waals surface area contributed by atoms with Crippen molar-refractivity contribution >= 4 is 23.4 Å². The number of carbonyl (C=O) groups is 2. The second-order valence-electron chi connectivity index (χ2n) is 7.55. The van der Waals surface area contributed by atoms with Gasteiger partial charge < -0.3 is 15.3 Å². The van der Waals surface area contributed by atoms with Crippen molar-refractivity contribution in [2.75, 3.05) is 39.3 Å². The predicted molar refractivity (Wildman–Crippen MR) is 105 cm³/mol. The Kier molecular flexibility index (Phi) is 7.10. The highest BCUT2D eigenvalue weighted by molar-refractivity contribution is 6.33. The first-order chi connectivity index (χ1) is 13.0. The summed E-state index contributed by atoms with van der Waals surface area (Å²) in [7, 11) is 0. The standard InChI is InChI=1S/C20H28ClN3O3/c21-18-6-2-1-5-17(18)20(27)22-12-15-4-3-9-24(13-15)19(26)14-23-10-7-16(25)8-11-23/h1-2,5-6,15-16,25H,3-4,7-14H2,(H,22,27)/t15-/m0/s1. The lowest BCUT2D eigenvalue weighted by molar-refractivity contribution is -0.134. The zero-order valence-electron chi connectivity index (χ0n) is 15.6. The minimum atomic E-state index is -0.225. The van der Waals surface area contributed by atoms with Crippen LogP contribution >= 0.6 is 11.6 Å². The van der Waals surface area contributed by atoms with Gasteiger partial charge >= 0.3 is 0 Å². The molecule has 27 heavy (non-hydrogen) atoms. The fourth-order valence-electron chi connectivity index (χ4n) is 3.80. The van der Waals surface area contributed by atoms with Gasteiger partial charge in [-0.1, -0.05) is 23.7 Å². The second kappa shape index (κ2) is 9.53. The molecule has 7 heteroatoms. The maximum absolute atomic E-state index is 12.6. The summed E-state index contributed by atoms with van der Waals surface area (Å²) in [6.45, 7) is 3.98. The first kappa shape index (κ1) is 20.1. The number of nitrogens with zero attached hydrogens (tertiary/aromatic N) is 2. The zero-order valence-corrected chi connectivity index (χ0v) is 16.3. The molecule has 0 spiro atoms. The number of aliphatic hydroxyl groups excluding tert-OH is 1. The van der Waals surface area contributed by atoms with E-state index in [0.29, 0.717) is 30.2 Å². The molecule has 2 fully saturated rings. The molecule has 2 aliphatic heterocycles. The third-order valence-corrected chi connectivity index (χ3v) is 5.79. The molecule has 3 rings (SSSR count). The summed E-state index contributed by atoms with van der Waals surface area (Å²) in [5, 5.41) is 13.0. The van der Waals surface area contributed by atoms with Gasteiger partial charge in [0.15, 0.2) is 0 Å². The minimum Gasteiger partial charge on any atom is -0.393 e. The molecule has 148 valence electrons. The van der Waals surface area contributed by atoms with E-state index in [1.165, 1.54) is 0 Å². The van der Waals surface area contributed by atoms with Crippen molar-refractivity contribution in [3.05, 3.63) is 34.9 Å². The molecule has 2 saturated heterocycles. The first-order valence-electron chi connectivity index (χ1n) is 9.74. The van der Waals surface area contributed by atoms with E-state index < -0.39 is 0 Å². The number of hydrogen-bond acceptors (Lipinski definition) is 4. The molecule has 0 aromatic heterocycles. The lowest BCUT2D eigenvalue weighted by Crippen LogP contribution is -2.48. The van der Waals surface area contributed by atoms with Gasteiger partial charge in [-0.15, -0.1) is 0 Å². The maximum atomic E-state index is 12.6. The van der Waals surface area contributed by atoms with Gasteiger partial charge in [0.05, 0.1) is 23.2 Å². The number of amides is 2. The van der Waals surface area contributed by atoms with E-state index in [1.807, 2.05) is 4.90 Å². The Morgan fingerprint density at radius 3 is 2.63 bits per heavy atom. The highest BCUT2D eigenvalue weighted by atomic mass is 35.5. The van der Waals surface area contributed by atoms with Crippen molar-refractivity contribution in [2.24, 2.45) is 5.92 Å². The summed E-state index contributed by atoms with van der Waals surface area (Å²) >= 11 is 6.07. The Labute approximate surface area is 165 Å². The van der Waals surface area contributed by atoms with Gasteiger partial charge in [0.1, 0.15) is 0 Å². The van der Waals surface area contributed by atoms with Crippen molar-refractivity contribution in [1.82, 2.24) is 15.1 Å². The third kappa shape index (κ3) is 5.67. The van der Waals surface area contributed by atoms with E-state index in [4.69, 9.17) is 11.6 Å². The van der Waals surface area contributed by atoms with Gasteiger partial charge in [-0.05, 0) is 43.7 Å². The largest absolute Gasteiger partial charge is 0.393 e. The van der Waals surface area contributed by atoms with E-state index in [-0.39, 0.29) is 23.8 Å². The molecule has 0 unspecified atom stereocenters. The molecular weight excluding hydrogens is 366 g/mol. The normalized spacial score (nSPS) is 21.9. The van der Waals surface area contributed by atoms with Crippen LogP contribution in [-0.2, 0) is 4.79 Å². The van der Waals surface area contributed by atoms with Gasteiger partial charge in [-0.25, -0.2) is 0 Å². The molecule has 0 bridgehead atoms. The average Bonchev–Trinajstić information content (AvgIpc) is 2.68. The Morgan fingerprint density at radius 1 is 1.15 bits per heavy atom. The highest BCUT2D eigenvalue weighted by Crippen LogP contribution is 2.18. The number of nitrogens with one attached hydrogen (secondary N) is 1.